The maximum atomic E-state index is 11.8. The molecule has 0 spiro atoms. The topological polar surface area (TPSA) is 85.8 Å². The molecule has 0 aliphatic heterocycles. The number of nitrogens with two attached hydrogens (primary N) is 1. The Morgan fingerprint density at radius 2 is 2.38 bits per heavy atom. The summed E-state index contributed by atoms with van der Waals surface area (Å²) < 4.78 is 1.76. The Kier molecular flexibility index (Phi) is 4.00. The third-order valence-electron chi connectivity index (χ3n) is 2.50. The van der Waals surface area contributed by atoms with Gasteiger partial charge in [0.2, 0.25) is 5.91 Å². The Morgan fingerprint density at radius 3 is 2.88 bits per heavy atom. The van der Waals surface area contributed by atoms with Gasteiger partial charge in [-0.25, -0.2) is 0 Å². The molecule has 0 aromatic carbocycles. The lowest BCUT2D eigenvalue weighted by molar-refractivity contribution is -0.126. The fraction of sp³-hybridized carbons (Fsp3) is 0.700. The SMILES string of the molecule is CCCC(C)(N)C(=O)NCc1nncn1C. The second-order valence-electron chi connectivity index (χ2n) is 4.21. The standard InChI is InChI=1S/C10H19N5O/c1-4-5-10(2,11)9(16)12-6-8-14-13-7-15(8)3/h7H,4-6,11H2,1-3H3,(H,12,16). The fourth-order valence-electron chi connectivity index (χ4n) is 1.46. The van der Waals surface area contributed by atoms with Crippen molar-refractivity contribution in [2.24, 2.45) is 12.8 Å². The van der Waals surface area contributed by atoms with Gasteiger partial charge in [-0.1, -0.05) is 13.3 Å². The third kappa shape index (κ3) is 3.03. The maximum absolute atomic E-state index is 11.8. The van der Waals surface area contributed by atoms with Crippen molar-refractivity contribution >= 4 is 5.91 Å². The molecular formula is C10H19N5O. The molecule has 90 valence electrons. The molecule has 0 saturated carbocycles. The van der Waals surface area contributed by atoms with Crippen LogP contribution in [0.15, 0.2) is 6.33 Å². The number of aromatic nitrogens is 3. The molecular weight excluding hydrogens is 206 g/mol. The van der Waals surface area contributed by atoms with E-state index in [1.807, 2.05) is 14.0 Å². The van der Waals surface area contributed by atoms with Gasteiger partial charge in [-0.15, -0.1) is 10.2 Å². The summed E-state index contributed by atoms with van der Waals surface area (Å²) in [5.41, 5.74) is 5.08. The molecule has 1 rings (SSSR count). The van der Waals surface area contributed by atoms with Crippen LogP contribution >= 0.6 is 0 Å². The highest BCUT2D eigenvalue weighted by molar-refractivity contribution is 5.85. The molecule has 1 amide bonds. The Balaban J connectivity index is 2.50. The Hall–Kier alpha value is -1.43. The number of carbonyl (C=O) groups is 1. The second-order valence-corrected chi connectivity index (χ2v) is 4.21. The molecule has 0 fully saturated rings. The van der Waals surface area contributed by atoms with Crippen LogP contribution in [-0.2, 0) is 18.4 Å². The van der Waals surface area contributed by atoms with Crippen molar-refractivity contribution in [2.45, 2.75) is 38.8 Å². The minimum Gasteiger partial charge on any atom is -0.347 e. The van der Waals surface area contributed by atoms with Crippen LogP contribution in [0.25, 0.3) is 0 Å². The number of nitrogens with one attached hydrogen (secondary N) is 1. The van der Waals surface area contributed by atoms with Crippen molar-refractivity contribution in [1.29, 1.82) is 0 Å². The number of nitrogens with zero attached hydrogens (tertiary/aromatic N) is 3. The van der Waals surface area contributed by atoms with E-state index >= 15 is 0 Å². The normalized spacial score (nSPS) is 14.5. The van der Waals surface area contributed by atoms with Crippen LogP contribution < -0.4 is 11.1 Å². The predicted molar refractivity (Wildman–Crippen MR) is 60.4 cm³/mol. The number of hydrogen-bond acceptors (Lipinski definition) is 4. The summed E-state index contributed by atoms with van der Waals surface area (Å²) in [6.07, 6.45) is 3.14. The molecule has 0 aliphatic rings. The van der Waals surface area contributed by atoms with Crippen molar-refractivity contribution in [3.8, 4) is 0 Å². The lowest BCUT2D eigenvalue weighted by Crippen LogP contribution is -2.51. The number of carbonyl (C=O) groups excluding carboxylic acids is 1. The first-order valence-electron chi connectivity index (χ1n) is 5.37. The number of amides is 1. The van der Waals surface area contributed by atoms with Crippen molar-refractivity contribution in [3.63, 3.8) is 0 Å². The van der Waals surface area contributed by atoms with Crippen LogP contribution in [0.3, 0.4) is 0 Å². The molecule has 1 unspecified atom stereocenters. The van der Waals surface area contributed by atoms with Gasteiger partial charge >= 0.3 is 0 Å². The summed E-state index contributed by atoms with van der Waals surface area (Å²) in [5.74, 6) is 0.554. The zero-order chi connectivity index (χ0) is 12.2. The van der Waals surface area contributed by atoms with Crippen molar-refractivity contribution in [3.05, 3.63) is 12.2 Å². The van der Waals surface area contributed by atoms with Crippen molar-refractivity contribution in [1.82, 2.24) is 20.1 Å². The van der Waals surface area contributed by atoms with Gasteiger partial charge in [-0.3, -0.25) is 4.79 Å². The largest absolute Gasteiger partial charge is 0.347 e. The Bertz CT molecular complexity index is 358. The summed E-state index contributed by atoms with van der Waals surface area (Å²) in [7, 11) is 1.83. The molecule has 6 heteroatoms. The number of rotatable bonds is 5. The highest BCUT2D eigenvalue weighted by atomic mass is 16.2. The minimum absolute atomic E-state index is 0.155. The molecule has 0 saturated heterocycles. The zero-order valence-corrected chi connectivity index (χ0v) is 10.0. The van der Waals surface area contributed by atoms with Gasteiger partial charge in [-0.05, 0) is 13.3 Å². The van der Waals surface area contributed by atoms with Gasteiger partial charge < -0.3 is 15.6 Å². The molecule has 6 nitrogen and oxygen atoms in total. The van der Waals surface area contributed by atoms with Gasteiger partial charge in [0.05, 0.1) is 12.1 Å². The molecule has 1 aromatic rings. The van der Waals surface area contributed by atoms with E-state index in [0.29, 0.717) is 18.8 Å². The first-order valence-corrected chi connectivity index (χ1v) is 5.37. The summed E-state index contributed by atoms with van der Waals surface area (Å²) in [4.78, 5) is 11.8. The van der Waals surface area contributed by atoms with E-state index < -0.39 is 5.54 Å². The van der Waals surface area contributed by atoms with Crippen LogP contribution in [0, 0.1) is 0 Å². The van der Waals surface area contributed by atoms with E-state index in [-0.39, 0.29) is 5.91 Å². The lowest BCUT2D eigenvalue weighted by Gasteiger charge is -2.22. The monoisotopic (exact) mass is 225 g/mol. The van der Waals surface area contributed by atoms with E-state index in [1.54, 1.807) is 17.8 Å². The first-order chi connectivity index (χ1) is 7.47. The minimum atomic E-state index is -0.812. The van der Waals surface area contributed by atoms with Gasteiger partial charge in [-0.2, -0.15) is 0 Å². The highest BCUT2D eigenvalue weighted by Crippen LogP contribution is 2.08. The summed E-state index contributed by atoms with van der Waals surface area (Å²) in [6.45, 7) is 4.09. The molecule has 0 bridgehead atoms. The fourth-order valence-corrected chi connectivity index (χ4v) is 1.46. The number of hydrogen-bond donors (Lipinski definition) is 2. The lowest BCUT2D eigenvalue weighted by atomic mass is 9.97. The average molecular weight is 225 g/mol. The van der Waals surface area contributed by atoms with E-state index in [0.717, 1.165) is 6.42 Å². The molecule has 1 heterocycles. The Morgan fingerprint density at radius 1 is 1.69 bits per heavy atom. The first kappa shape index (κ1) is 12.6. The van der Waals surface area contributed by atoms with Crippen LogP contribution in [0.4, 0.5) is 0 Å². The summed E-state index contributed by atoms with van der Waals surface area (Å²) >= 11 is 0. The van der Waals surface area contributed by atoms with E-state index in [1.165, 1.54) is 0 Å². The zero-order valence-electron chi connectivity index (χ0n) is 10.0. The molecule has 0 aliphatic carbocycles. The highest BCUT2D eigenvalue weighted by Gasteiger charge is 2.26. The third-order valence-corrected chi connectivity index (χ3v) is 2.50. The van der Waals surface area contributed by atoms with Crippen LogP contribution in [-0.4, -0.2) is 26.2 Å². The maximum Gasteiger partial charge on any atom is 0.240 e. The Labute approximate surface area is 95.2 Å². The van der Waals surface area contributed by atoms with Crippen LogP contribution in [0.1, 0.15) is 32.5 Å². The van der Waals surface area contributed by atoms with E-state index in [2.05, 4.69) is 15.5 Å². The summed E-state index contributed by atoms with van der Waals surface area (Å²) in [6, 6.07) is 0. The van der Waals surface area contributed by atoms with Crippen LogP contribution in [0.5, 0.6) is 0 Å². The quantitative estimate of drug-likeness (QED) is 0.735. The van der Waals surface area contributed by atoms with Gasteiger partial charge in [0.25, 0.3) is 0 Å². The van der Waals surface area contributed by atoms with Crippen molar-refractivity contribution < 1.29 is 4.79 Å². The summed E-state index contributed by atoms with van der Waals surface area (Å²) in [5, 5.41) is 10.4. The molecule has 3 N–H and O–H groups in total. The molecule has 1 aromatic heterocycles. The van der Waals surface area contributed by atoms with E-state index in [4.69, 9.17) is 5.73 Å². The number of aryl methyl sites for hydroxylation is 1. The molecule has 1 atom stereocenters. The van der Waals surface area contributed by atoms with E-state index in [9.17, 15) is 4.79 Å². The second kappa shape index (κ2) is 5.07. The van der Waals surface area contributed by atoms with Gasteiger partial charge in [0.15, 0.2) is 5.82 Å². The van der Waals surface area contributed by atoms with Gasteiger partial charge in [0, 0.05) is 7.05 Å². The molecule has 0 radical (unpaired) electrons. The predicted octanol–water partition coefficient (Wildman–Crippen LogP) is -0.0512. The molecule has 16 heavy (non-hydrogen) atoms. The average Bonchev–Trinajstić information content (AvgIpc) is 2.60. The smallest absolute Gasteiger partial charge is 0.240 e. The van der Waals surface area contributed by atoms with Crippen molar-refractivity contribution in [2.75, 3.05) is 0 Å². The van der Waals surface area contributed by atoms with Crippen LogP contribution in [0.2, 0.25) is 0 Å². The van der Waals surface area contributed by atoms with Gasteiger partial charge in [0.1, 0.15) is 6.33 Å².